The largest absolute Gasteiger partial charge is 0.384 e. The molecule has 10 heteroatoms. The number of aliphatic hydroxyl groups is 1. The van der Waals surface area contributed by atoms with Crippen molar-refractivity contribution in [2.45, 2.75) is 71.4 Å². The number of nitrogens with two attached hydrogens (primary N) is 1. The fraction of sp³-hybridized carbons (Fsp3) is 0.643. The van der Waals surface area contributed by atoms with E-state index in [1.54, 1.807) is 21.9 Å². The molecule has 2 aliphatic rings. The number of halogens is 1. The predicted molar refractivity (Wildman–Crippen MR) is 145 cm³/mol. The first-order chi connectivity index (χ1) is 17.7. The van der Waals surface area contributed by atoms with Crippen LogP contribution < -0.4 is 11.1 Å². The van der Waals surface area contributed by atoms with Crippen LogP contribution in [0.5, 0.6) is 0 Å². The van der Waals surface area contributed by atoms with Crippen LogP contribution in [0.15, 0.2) is 24.3 Å². The smallest absolute Gasteiger partial charge is 0.245 e. The maximum atomic E-state index is 13.7. The van der Waals surface area contributed by atoms with Crippen LogP contribution in [0.4, 0.5) is 0 Å². The van der Waals surface area contributed by atoms with Gasteiger partial charge < -0.3 is 26.0 Å². The first-order valence-electron chi connectivity index (χ1n) is 13.4. The Morgan fingerprint density at radius 2 is 1.76 bits per heavy atom. The van der Waals surface area contributed by atoms with Crippen molar-refractivity contribution >= 4 is 35.2 Å². The van der Waals surface area contributed by atoms with Crippen molar-refractivity contribution < 1.29 is 24.3 Å². The highest BCUT2D eigenvalue weighted by Gasteiger charge is 2.50. The van der Waals surface area contributed by atoms with E-state index in [1.165, 1.54) is 0 Å². The third kappa shape index (κ3) is 6.67. The molecule has 2 heterocycles. The predicted octanol–water partition coefficient (Wildman–Crippen LogP) is 2.43. The Labute approximate surface area is 230 Å². The molecule has 0 radical (unpaired) electrons. The fourth-order valence-electron chi connectivity index (χ4n) is 5.56. The van der Waals surface area contributed by atoms with Crippen molar-refractivity contribution in [1.82, 2.24) is 15.1 Å². The number of primary amides is 1. The Morgan fingerprint density at radius 3 is 2.34 bits per heavy atom. The first-order valence-corrected chi connectivity index (χ1v) is 13.8. The minimum absolute atomic E-state index is 0.0184. The van der Waals surface area contributed by atoms with Crippen molar-refractivity contribution in [3.63, 3.8) is 0 Å². The molecule has 0 aliphatic carbocycles. The van der Waals surface area contributed by atoms with Crippen LogP contribution >= 0.6 is 11.6 Å². The van der Waals surface area contributed by atoms with Gasteiger partial charge in [-0.1, -0.05) is 51.4 Å². The number of hydrogen-bond acceptors (Lipinski definition) is 5. The minimum atomic E-state index is -1.13. The molecule has 0 unspecified atom stereocenters. The summed E-state index contributed by atoms with van der Waals surface area (Å²) >= 11 is 6.04. The van der Waals surface area contributed by atoms with Gasteiger partial charge >= 0.3 is 0 Å². The van der Waals surface area contributed by atoms with Crippen molar-refractivity contribution in [3.8, 4) is 0 Å². The van der Waals surface area contributed by atoms with Gasteiger partial charge in [0.15, 0.2) is 0 Å². The molecule has 210 valence electrons. The Morgan fingerprint density at radius 1 is 1.11 bits per heavy atom. The standard InChI is InChI=1S/C28H41ClN4O5/c1-18(2)24(31-25(36)19-6-5-14-32(16-19)23(35)12-11-22(30)34)26(37)33-15-13-28(38,27(3,4)17-33)20-7-9-21(29)10-8-20/h7-10,18-19,24,38H,5-6,11-17H2,1-4H3,(H2,30,34)(H,31,36)/t19-,24-,28+/m1/s1. The second-order valence-electron chi connectivity index (χ2n) is 11.6. The fourth-order valence-corrected chi connectivity index (χ4v) is 5.68. The second-order valence-corrected chi connectivity index (χ2v) is 12.1. The molecule has 2 fully saturated rings. The van der Waals surface area contributed by atoms with Gasteiger partial charge in [0.05, 0.1) is 11.5 Å². The number of nitrogens with zero attached hydrogens (tertiary/aromatic N) is 2. The van der Waals surface area contributed by atoms with Gasteiger partial charge in [0, 0.05) is 49.5 Å². The lowest BCUT2D eigenvalue weighted by Crippen LogP contribution is -2.61. The molecule has 0 saturated carbocycles. The third-order valence-electron chi connectivity index (χ3n) is 8.04. The van der Waals surface area contributed by atoms with Crippen LogP contribution in [0.1, 0.15) is 65.4 Å². The summed E-state index contributed by atoms with van der Waals surface area (Å²) in [5.41, 5.74) is 4.15. The van der Waals surface area contributed by atoms with E-state index in [9.17, 15) is 24.3 Å². The number of carbonyl (C=O) groups is 4. The number of nitrogens with one attached hydrogen (secondary N) is 1. The average molecular weight is 549 g/mol. The van der Waals surface area contributed by atoms with E-state index in [0.29, 0.717) is 43.9 Å². The normalized spacial score (nSPS) is 24.1. The van der Waals surface area contributed by atoms with E-state index in [2.05, 4.69) is 5.32 Å². The number of piperidine rings is 2. The molecule has 3 atom stereocenters. The molecule has 4 N–H and O–H groups in total. The molecular weight excluding hydrogens is 508 g/mol. The Bertz CT molecular complexity index is 1040. The monoisotopic (exact) mass is 548 g/mol. The zero-order valence-electron chi connectivity index (χ0n) is 22.8. The number of benzene rings is 1. The second kappa shape index (κ2) is 12.0. The highest BCUT2D eigenvalue weighted by molar-refractivity contribution is 6.30. The number of amides is 4. The van der Waals surface area contributed by atoms with Gasteiger partial charge in [-0.05, 0) is 42.9 Å². The number of likely N-dealkylation sites (tertiary alicyclic amines) is 2. The summed E-state index contributed by atoms with van der Waals surface area (Å²) in [7, 11) is 0. The maximum Gasteiger partial charge on any atom is 0.245 e. The Balaban J connectivity index is 1.66. The van der Waals surface area contributed by atoms with E-state index >= 15 is 0 Å². The summed E-state index contributed by atoms with van der Waals surface area (Å²) < 4.78 is 0. The van der Waals surface area contributed by atoms with Gasteiger partial charge in [-0.15, -0.1) is 0 Å². The molecule has 0 spiro atoms. The Hall–Kier alpha value is -2.65. The van der Waals surface area contributed by atoms with E-state index in [1.807, 2.05) is 39.8 Å². The zero-order valence-corrected chi connectivity index (χ0v) is 23.6. The third-order valence-corrected chi connectivity index (χ3v) is 8.30. The van der Waals surface area contributed by atoms with Crippen molar-refractivity contribution in [3.05, 3.63) is 34.9 Å². The van der Waals surface area contributed by atoms with Crippen LogP contribution in [0, 0.1) is 17.3 Å². The summed E-state index contributed by atoms with van der Waals surface area (Å²) in [6, 6.07) is 6.44. The number of carbonyl (C=O) groups excluding carboxylic acids is 4. The summed E-state index contributed by atoms with van der Waals surface area (Å²) in [5.74, 6) is -1.73. The summed E-state index contributed by atoms with van der Waals surface area (Å²) in [4.78, 5) is 53.7. The molecule has 9 nitrogen and oxygen atoms in total. The molecule has 3 rings (SSSR count). The summed E-state index contributed by atoms with van der Waals surface area (Å²) in [5, 5.41) is 15.2. The number of hydrogen-bond donors (Lipinski definition) is 3. The van der Waals surface area contributed by atoms with Crippen LogP contribution in [0.3, 0.4) is 0 Å². The van der Waals surface area contributed by atoms with Crippen molar-refractivity contribution in [2.24, 2.45) is 23.0 Å². The first kappa shape index (κ1) is 29.9. The van der Waals surface area contributed by atoms with Gasteiger partial charge in [0.2, 0.25) is 23.6 Å². The van der Waals surface area contributed by atoms with Gasteiger partial charge in [0.25, 0.3) is 0 Å². The lowest BCUT2D eigenvalue weighted by Gasteiger charge is -2.51. The highest BCUT2D eigenvalue weighted by Crippen LogP contribution is 2.46. The molecule has 0 bridgehead atoms. The quantitative estimate of drug-likeness (QED) is 0.459. The SMILES string of the molecule is CC(C)[C@@H](NC(=O)[C@@H]1CCCN(C(=O)CCC(N)=O)C1)C(=O)N1CC[C@](O)(c2ccc(Cl)cc2)C(C)(C)C1. The molecule has 1 aromatic rings. The van der Waals surface area contributed by atoms with Gasteiger partial charge in [-0.2, -0.15) is 0 Å². The van der Waals surface area contributed by atoms with Crippen molar-refractivity contribution in [2.75, 3.05) is 26.2 Å². The molecule has 38 heavy (non-hydrogen) atoms. The van der Waals surface area contributed by atoms with Gasteiger partial charge in [-0.3, -0.25) is 19.2 Å². The van der Waals surface area contributed by atoms with E-state index in [0.717, 1.165) is 5.56 Å². The Kier molecular flexibility index (Phi) is 9.47. The lowest BCUT2D eigenvalue weighted by molar-refractivity contribution is -0.157. The molecular formula is C28H41ClN4O5. The van der Waals surface area contributed by atoms with Crippen LogP contribution in [0.25, 0.3) is 0 Å². The van der Waals surface area contributed by atoms with E-state index < -0.39 is 28.9 Å². The van der Waals surface area contributed by atoms with E-state index in [-0.39, 0.29) is 43.0 Å². The van der Waals surface area contributed by atoms with Gasteiger partial charge in [-0.25, -0.2) is 0 Å². The summed E-state index contributed by atoms with van der Waals surface area (Å²) in [6.07, 6.45) is 1.66. The van der Waals surface area contributed by atoms with E-state index in [4.69, 9.17) is 17.3 Å². The topological polar surface area (TPSA) is 133 Å². The molecule has 0 aromatic heterocycles. The lowest BCUT2D eigenvalue weighted by atomic mass is 9.66. The maximum absolute atomic E-state index is 13.7. The zero-order chi connectivity index (χ0) is 28.3. The highest BCUT2D eigenvalue weighted by atomic mass is 35.5. The number of rotatable bonds is 8. The average Bonchev–Trinajstić information content (AvgIpc) is 2.87. The summed E-state index contributed by atoms with van der Waals surface area (Å²) in [6.45, 7) is 9.14. The van der Waals surface area contributed by atoms with Crippen LogP contribution in [-0.2, 0) is 24.8 Å². The van der Waals surface area contributed by atoms with Crippen LogP contribution in [0.2, 0.25) is 5.02 Å². The molecule has 4 amide bonds. The molecule has 1 aromatic carbocycles. The molecule has 2 aliphatic heterocycles. The minimum Gasteiger partial charge on any atom is -0.384 e. The van der Waals surface area contributed by atoms with Crippen LogP contribution in [-0.4, -0.2) is 70.8 Å². The molecule has 2 saturated heterocycles. The van der Waals surface area contributed by atoms with Crippen molar-refractivity contribution in [1.29, 1.82) is 0 Å². The van der Waals surface area contributed by atoms with Gasteiger partial charge in [0.1, 0.15) is 6.04 Å².